The molecule has 0 spiro atoms. The second kappa shape index (κ2) is 7.98. The van der Waals surface area contributed by atoms with Crippen molar-refractivity contribution < 1.29 is 4.79 Å². The summed E-state index contributed by atoms with van der Waals surface area (Å²) in [5.74, 6) is 1.40. The maximum absolute atomic E-state index is 12.8. The number of amides is 1. The molecule has 2 aliphatic rings. The van der Waals surface area contributed by atoms with Gasteiger partial charge in [0.25, 0.3) is 0 Å². The van der Waals surface area contributed by atoms with Crippen LogP contribution in [0.15, 0.2) is 30.3 Å². The third-order valence-corrected chi connectivity index (χ3v) is 6.44. The highest BCUT2D eigenvalue weighted by atomic mass is 79.9. The number of halogens is 1. The number of rotatable bonds is 4. The minimum atomic E-state index is -0.164. The zero-order chi connectivity index (χ0) is 17.1. The van der Waals surface area contributed by atoms with E-state index in [2.05, 4.69) is 71.0 Å². The maximum atomic E-state index is 12.8. The largest absolute Gasteiger partial charge is 0.341 e. The Hall–Kier alpha value is -0.910. The van der Waals surface area contributed by atoms with Crippen molar-refractivity contribution in [2.24, 2.45) is 11.8 Å². The molecule has 2 saturated heterocycles. The number of piperidine rings is 1. The van der Waals surface area contributed by atoms with Gasteiger partial charge in [-0.15, -0.1) is 0 Å². The summed E-state index contributed by atoms with van der Waals surface area (Å²) in [7, 11) is 0. The molecule has 0 aromatic heterocycles. The first-order chi connectivity index (χ1) is 11.6. The number of hydrogen-bond acceptors (Lipinski definition) is 3. The number of hydrazine groups is 1. The summed E-state index contributed by atoms with van der Waals surface area (Å²) in [5.41, 5.74) is 7.88. The molecule has 1 amide bonds. The van der Waals surface area contributed by atoms with Crippen LogP contribution in [0.3, 0.4) is 0 Å². The molecule has 1 aromatic rings. The van der Waals surface area contributed by atoms with Gasteiger partial charge in [0, 0.05) is 19.1 Å². The Labute approximate surface area is 153 Å². The molecule has 0 aliphatic carbocycles. The average molecular weight is 394 g/mol. The van der Waals surface area contributed by atoms with Crippen LogP contribution in [0.4, 0.5) is 0 Å². The van der Waals surface area contributed by atoms with E-state index in [0.29, 0.717) is 11.8 Å². The molecule has 2 heterocycles. The van der Waals surface area contributed by atoms with Gasteiger partial charge < -0.3 is 4.90 Å². The van der Waals surface area contributed by atoms with Crippen molar-refractivity contribution in [2.45, 2.75) is 50.0 Å². The van der Waals surface area contributed by atoms with E-state index in [1.807, 2.05) is 4.90 Å². The van der Waals surface area contributed by atoms with E-state index in [4.69, 9.17) is 0 Å². The minimum absolute atomic E-state index is 0.145. The molecule has 0 bridgehead atoms. The molecule has 2 fully saturated rings. The normalized spacial score (nSPS) is 28.5. The molecule has 0 radical (unpaired) electrons. The van der Waals surface area contributed by atoms with Gasteiger partial charge in [-0.1, -0.05) is 60.1 Å². The molecule has 5 heteroatoms. The van der Waals surface area contributed by atoms with Crippen LogP contribution < -0.4 is 10.9 Å². The molecular weight excluding hydrogens is 366 g/mol. The Balaban J connectivity index is 1.50. The Morgan fingerprint density at radius 2 is 1.88 bits per heavy atom. The van der Waals surface area contributed by atoms with Gasteiger partial charge >= 0.3 is 0 Å². The van der Waals surface area contributed by atoms with Crippen molar-refractivity contribution in [2.75, 3.05) is 13.1 Å². The Bertz CT molecular complexity index is 543. The summed E-state index contributed by atoms with van der Waals surface area (Å²) in [6.45, 7) is 6.10. The highest BCUT2D eigenvalue weighted by Gasteiger charge is 2.41. The number of carbonyl (C=O) groups is 1. The van der Waals surface area contributed by atoms with Gasteiger partial charge in [-0.25, -0.2) is 5.43 Å². The zero-order valence-electron chi connectivity index (χ0n) is 14.5. The zero-order valence-corrected chi connectivity index (χ0v) is 16.1. The summed E-state index contributed by atoms with van der Waals surface area (Å²) < 4.78 is 0. The van der Waals surface area contributed by atoms with Crippen LogP contribution in [0.5, 0.6) is 0 Å². The standard InChI is InChI=1S/C19H28BrN3O/c1-13(2)17-16(20)18(22-21-17)19(24)23-10-8-15(9-11-23)12-14-6-4-3-5-7-14/h3-7,13,15-18,21-22H,8-12H2,1-2H3. The number of nitrogens with zero attached hydrogens (tertiary/aromatic N) is 1. The Morgan fingerprint density at radius 1 is 1.21 bits per heavy atom. The molecule has 24 heavy (non-hydrogen) atoms. The van der Waals surface area contributed by atoms with Gasteiger partial charge in [0.2, 0.25) is 5.91 Å². The third-order valence-electron chi connectivity index (χ3n) is 5.34. The van der Waals surface area contributed by atoms with Gasteiger partial charge in [0.1, 0.15) is 6.04 Å². The minimum Gasteiger partial charge on any atom is -0.341 e. The first-order valence-electron chi connectivity index (χ1n) is 9.04. The summed E-state index contributed by atoms with van der Waals surface area (Å²) in [5, 5.41) is 0. The molecule has 3 rings (SSSR count). The van der Waals surface area contributed by atoms with Crippen LogP contribution in [-0.2, 0) is 11.2 Å². The summed E-state index contributed by atoms with van der Waals surface area (Å²) in [4.78, 5) is 15.0. The summed E-state index contributed by atoms with van der Waals surface area (Å²) >= 11 is 3.72. The lowest BCUT2D eigenvalue weighted by molar-refractivity contribution is -0.134. The lowest BCUT2D eigenvalue weighted by Gasteiger charge is -2.34. The van der Waals surface area contributed by atoms with Crippen LogP contribution in [-0.4, -0.2) is 40.8 Å². The molecule has 1 aromatic carbocycles. The number of likely N-dealkylation sites (tertiary alicyclic amines) is 1. The molecule has 4 nitrogen and oxygen atoms in total. The number of carbonyl (C=O) groups excluding carboxylic acids is 1. The second-order valence-corrected chi connectivity index (χ2v) is 8.50. The van der Waals surface area contributed by atoms with Gasteiger partial charge in [-0.3, -0.25) is 10.2 Å². The van der Waals surface area contributed by atoms with Crippen LogP contribution in [0, 0.1) is 11.8 Å². The van der Waals surface area contributed by atoms with Crippen LogP contribution in [0.25, 0.3) is 0 Å². The fourth-order valence-corrected chi connectivity index (χ4v) is 4.89. The van der Waals surface area contributed by atoms with E-state index in [0.717, 1.165) is 32.4 Å². The van der Waals surface area contributed by atoms with E-state index in [1.54, 1.807) is 0 Å². The molecule has 0 saturated carbocycles. The Kier molecular flexibility index (Phi) is 5.95. The predicted molar refractivity (Wildman–Crippen MR) is 101 cm³/mol. The van der Waals surface area contributed by atoms with E-state index in [1.165, 1.54) is 5.56 Å². The quantitative estimate of drug-likeness (QED) is 0.772. The average Bonchev–Trinajstić information content (AvgIpc) is 2.97. The Morgan fingerprint density at radius 3 is 2.46 bits per heavy atom. The molecule has 3 atom stereocenters. The van der Waals surface area contributed by atoms with Gasteiger partial charge in [0.15, 0.2) is 0 Å². The van der Waals surface area contributed by atoms with E-state index < -0.39 is 0 Å². The van der Waals surface area contributed by atoms with E-state index in [9.17, 15) is 4.79 Å². The predicted octanol–water partition coefficient (Wildman–Crippen LogP) is 2.73. The monoisotopic (exact) mass is 393 g/mol. The fourth-order valence-electron chi connectivity index (χ4n) is 3.79. The maximum Gasteiger partial charge on any atom is 0.242 e. The lowest BCUT2D eigenvalue weighted by Crippen LogP contribution is -2.50. The van der Waals surface area contributed by atoms with Crippen molar-refractivity contribution in [3.8, 4) is 0 Å². The fraction of sp³-hybridized carbons (Fsp3) is 0.632. The molecule has 132 valence electrons. The van der Waals surface area contributed by atoms with Gasteiger partial charge in [-0.05, 0) is 36.7 Å². The van der Waals surface area contributed by atoms with Crippen molar-refractivity contribution in [1.29, 1.82) is 0 Å². The number of nitrogens with one attached hydrogen (secondary N) is 2. The number of alkyl halides is 1. The van der Waals surface area contributed by atoms with Gasteiger partial charge in [0.05, 0.1) is 4.83 Å². The number of hydrogen-bond donors (Lipinski definition) is 2. The first kappa shape index (κ1) is 17.9. The summed E-state index contributed by atoms with van der Waals surface area (Å²) in [6.07, 6.45) is 3.32. The van der Waals surface area contributed by atoms with Crippen molar-refractivity contribution in [1.82, 2.24) is 15.8 Å². The van der Waals surface area contributed by atoms with Crippen LogP contribution >= 0.6 is 15.9 Å². The lowest BCUT2D eigenvalue weighted by atomic mass is 9.89. The van der Waals surface area contributed by atoms with Crippen LogP contribution in [0.1, 0.15) is 32.3 Å². The molecule has 2 aliphatic heterocycles. The molecular formula is C19H28BrN3O. The SMILES string of the molecule is CC(C)C1NNC(C(=O)N2CCC(Cc3ccccc3)CC2)C1Br. The molecule has 2 N–H and O–H groups in total. The topological polar surface area (TPSA) is 44.4 Å². The smallest absolute Gasteiger partial charge is 0.242 e. The summed E-state index contributed by atoms with van der Waals surface area (Å²) in [6, 6.07) is 10.8. The first-order valence-corrected chi connectivity index (χ1v) is 9.95. The highest BCUT2D eigenvalue weighted by molar-refractivity contribution is 9.09. The van der Waals surface area contributed by atoms with Crippen molar-refractivity contribution >= 4 is 21.8 Å². The molecule has 3 unspecified atom stereocenters. The van der Waals surface area contributed by atoms with Crippen LogP contribution in [0.2, 0.25) is 0 Å². The number of benzene rings is 1. The third kappa shape index (κ3) is 4.01. The van der Waals surface area contributed by atoms with E-state index in [-0.39, 0.29) is 22.8 Å². The van der Waals surface area contributed by atoms with Crippen molar-refractivity contribution in [3.63, 3.8) is 0 Å². The van der Waals surface area contributed by atoms with Crippen molar-refractivity contribution in [3.05, 3.63) is 35.9 Å². The van der Waals surface area contributed by atoms with E-state index >= 15 is 0 Å². The van der Waals surface area contributed by atoms with Gasteiger partial charge in [-0.2, -0.15) is 0 Å². The highest BCUT2D eigenvalue weighted by Crippen LogP contribution is 2.26. The second-order valence-electron chi connectivity index (χ2n) is 7.44.